The largest absolute Gasteiger partial charge is 0.295 e. The molecule has 0 aliphatic heterocycles. The molecule has 0 bridgehead atoms. The highest BCUT2D eigenvalue weighted by Gasteiger charge is 2.16. The third kappa shape index (κ3) is 2.04. The Morgan fingerprint density at radius 3 is 2.55 bits per heavy atom. The van der Waals surface area contributed by atoms with Gasteiger partial charge in [0.25, 0.3) is 0 Å². The standard InChI is InChI=1S/C10H14O/c1-8(11)9-5-4-6-10(2,3)7-9/h4,6-7H,5H2,1-3H3. The van der Waals surface area contributed by atoms with Crippen molar-refractivity contribution in [3.63, 3.8) is 0 Å². The van der Waals surface area contributed by atoms with E-state index >= 15 is 0 Å². The Bertz CT molecular complexity index is 231. The summed E-state index contributed by atoms with van der Waals surface area (Å²) in [4.78, 5) is 11.0. The third-order valence-corrected chi connectivity index (χ3v) is 1.88. The normalized spacial score (nSPS) is 21.2. The number of rotatable bonds is 1. The first kappa shape index (κ1) is 8.25. The van der Waals surface area contributed by atoms with Crippen LogP contribution in [0, 0.1) is 5.41 Å². The molecular weight excluding hydrogens is 136 g/mol. The molecule has 0 saturated heterocycles. The van der Waals surface area contributed by atoms with Gasteiger partial charge in [0.2, 0.25) is 0 Å². The number of Topliss-reactive ketones (excluding diaryl/α,β-unsaturated/α-hetero) is 1. The lowest BCUT2D eigenvalue weighted by Gasteiger charge is -2.20. The highest BCUT2D eigenvalue weighted by molar-refractivity contribution is 5.93. The molecule has 0 unspecified atom stereocenters. The van der Waals surface area contributed by atoms with Crippen molar-refractivity contribution in [2.45, 2.75) is 27.2 Å². The summed E-state index contributed by atoms with van der Waals surface area (Å²) in [6.45, 7) is 5.83. The van der Waals surface area contributed by atoms with Gasteiger partial charge in [0.15, 0.2) is 5.78 Å². The van der Waals surface area contributed by atoms with E-state index in [2.05, 4.69) is 32.1 Å². The van der Waals surface area contributed by atoms with E-state index in [9.17, 15) is 4.79 Å². The minimum atomic E-state index is 0.0687. The van der Waals surface area contributed by atoms with Crippen molar-refractivity contribution in [3.8, 4) is 0 Å². The zero-order valence-electron chi connectivity index (χ0n) is 7.35. The maximum Gasteiger partial charge on any atom is 0.155 e. The summed E-state index contributed by atoms with van der Waals surface area (Å²) in [5.41, 5.74) is 1.01. The van der Waals surface area contributed by atoms with Crippen LogP contribution in [0.5, 0.6) is 0 Å². The van der Waals surface area contributed by atoms with E-state index in [4.69, 9.17) is 0 Å². The summed E-state index contributed by atoms with van der Waals surface area (Å²) in [7, 11) is 0. The minimum absolute atomic E-state index is 0.0687. The van der Waals surface area contributed by atoms with Crippen LogP contribution in [0.3, 0.4) is 0 Å². The van der Waals surface area contributed by atoms with Gasteiger partial charge in [-0.1, -0.05) is 32.1 Å². The van der Waals surface area contributed by atoms with E-state index in [0.29, 0.717) is 0 Å². The van der Waals surface area contributed by atoms with Crippen molar-refractivity contribution >= 4 is 5.78 Å². The van der Waals surface area contributed by atoms with Gasteiger partial charge in [0, 0.05) is 5.41 Å². The Hall–Kier alpha value is -0.850. The first-order valence-electron chi connectivity index (χ1n) is 3.92. The lowest BCUT2D eigenvalue weighted by Crippen LogP contribution is -2.11. The van der Waals surface area contributed by atoms with Crippen molar-refractivity contribution in [2.75, 3.05) is 0 Å². The van der Waals surface area contributed by atoms with E-state index in [1.165, 1.54) is 0 Å². The molecule has 0 spiro atoms. The molecule has 0 aromatic rings. The molecule has 1 aliphatic carbocycles. The van der Waals surface area contributed by atoms with E-state index in [-0.39, 0.29) is 11.2 Å². The van der Waals surface area contributed by atoms with Crippen LogP contribution in [-0.4, -0.2) is 5.78 Å². The fourth-order valence-electron chi connectivity index (χ4n) is 1.29. The van der Waals surface area contributed by atoms with Gasteiger partial charge in [-0.3, -0.25) is 4.79 Å². The second kappa shape index (κ2) is 2.65. The number of allylic oxidation sites excluding steroid dienone is 4. The molecule has 11 heavy (non-hydrogen) atoms. The summed E-state index contributed by atoms with van der Waals surface area (Å²) in [5, 5.41) is 0. The van der Waals surface area contributed by atoms with E-state index in [1.54, 1.807) is 6.92 Å². The van der Waals surface area contributed by atoms with Gasteiger partial charge in [0.1, 0.15) is 0 Å². The van der Waals surface area contributed by atoms with Crippen LogP contribution in [0.4, 0.5) is 0 Å². The van der Waals surface area contributed by atoms with Gasteiger partial charge in [0.05, 0.1) is 0 Å². The molecule has 0 saturated carbocycles. The van der Waals surface area contributed by atoms with Crippen LogP contribution in [0.25, 0.3) is 0 Å². The molecule has 1 rings (SSSR count). The van der Waals surface area contributed by atoms with Gasteiger partial charge in [-0.05, 0) is 18.9 Å². The number of ketones is 1. The van der Waals surface area contributed by atoms with Gasteiger partial charge >= 0.3 is 0 Å². The monoisotopic (exact) mass is 150 g/mol. The van der Waals surface area contributed by atoms with E-state index < -0.39 is 0 Å². The Kier molecular flexibility index (Phi) is 1.99. The predicted molar refractivity (Wildman–Crippen MR) is 46.3 cm³/mol. The van der Waals surface area contributed by atoms with Gasteiger partial charge in [-0.15, -0.1) is 0 Å². The highest BCUT2D eigenvalue weighted by Crippen LogP contribution is 2.27. The summed E-state index contributed by atoms with van der Waals surface area (Å²) < 4.78 is 0. The molecule has 0 radical (unpaired) electrons. The maximum absolute atomic E-state index is 11.0. The zero-order valence-corrected chi connectivity index (χ0v) is 7.35. The van der Waals surface area contributed by atoms with Crippen LogP contribution < -0.4 is 0 Å². The van der Waals surface area contributed by atoms with E-state index in [1.807, 2.05) is 0 Å². The second-order valence-corrected chi connectivity index (χ2v) is 3.65. The summed E-state index contributed by atoms with van der Waals surface area (Å²) in [6.07, 6.45) is 7.06. The number of carbonyl (C=O) groups excluding carboxylic acids is 1. The lowest BCUT2D eigenvalue weighted by molar-refractivity contribution is -0.113. The third-order valence-electron chi connectivity index (χ3n) is 1.88. The SMILES string of the molecule is CC(=O)C1=CC(C)(C)C=CC1. The van der Waals surface area contributed by atoms with Crippen molar-refractivity contribution in [1.82, 2.24) is 0 Å². The Balaban J connectivity index is 2.86. The molecule has 0 aromatic carbocycles. The molecule has 0 fully saturated rings. The average Bonchev–Trinajstić information content (AvgIpc) is 1.85. The van der Waals surface area contributed by atoms with Gasteiger partial charge in [-0.25, -0.2) is 0 Å². The summed E-state index contributed by atoms with van der Waals surface area (Å²) >= 11 is 0. The maximum atomic E-state index is 11.0. The number of hydrogen-bond donors (Lipinski definition) is 0. The molecule has 0 amide bonds. The first-order chi connectivity index (χ1) is 5.01. The molecule has 60 valence electrons. The van der Waals surface area contributed by atoms with Gasteiger partial charge in [-0.2, -0.15) is 0 Å². The molecule has 0 heterocycles. The number of hydrogen-bond acceptors (Lipinski definition) is 1. The minimum Gasteiger partial charge on any atom is -0.295 e. The van der Waals surface area contributed by atoms with Gasteiger partial charge < -0.3 is 0 Å². The van der Waals surface area contributed by atoms with Crippen molar-refractivity contribution in [2.24, 2.45) is 5.41 Å². The quantitative estimate of drug-likeness (QED) is 0.525. The number of carbonyl (C=O) groups is 1. The second-order valence-electron chi connectivity index (χ2n) is 3.65. The predicted octanol–water partition coefficient (Wildman–Crippen LogP) is 2.49. The molecule has 0 atom stereocenters. The lowest BCUT2D eigenvalue weighted by atomic mass is 9.84. The van der Waals surface area contributed by atoms with Crippen LogP contribution in [0.2, 0.25) is 0 Å². The highest BCUT2D eigenvalue weighted by atomic mass is 16.1. The van der Waals surface area contributed by atoms with Crippen LogP contribution in [-0.2, 0) is 4.79 Å². The zero-order chi connectivity index (χ0) is 8.48. The fraction of sp³-hybridized carbons (Fsp3) is 0.500. The Morgan fingerprint density at radius 2 is 2.18 bits per heavy atom. The average molecular weight is 150 g/mol. The molecule has 0 aromatic heterocycles. The molecule has 1 aliphatic rings. The smallest absolute Gasteiger partial charge is 0.155 e. The molecule has 1 nitrogen and oxygen atoms in total. The topological polar surface area (TPSA) is 17.1 Å². The van der Waals surface area contributed by atoms with Crippen LogP contribution in [0.1, 0.15) is 27.2 Å². The van der Waals surface area contributed by atoms with Crippen molar-refractivity contribution in [1.29, 1.82) is 0 Å². The molecule has 0 N–H and O–H groups in total. The summed E-state index contributed by atoms with van der Waals surface area (Å²) in [6, 6.07) is 0. The van der Waals surface area contributed by atoms with Crippen molar-refractivity contribution < 1.29 is 4.79 Å². The summed E-state index contributed by atoms with van der Waals surface area (Å²) in [5.74, 6) is 0.197. The Labute approximate surface area is 67.8 Å². The van der Waals surface area contributed by atoms with Crippen LogP contribution in [0.15, 0.2) is 23.8 Å². The molecular formula is C10H14O. The van der Waals surface area contributed by atoms with Crippen molar-refractivity contribution in [3.05, 3.63) is 23.8 Å². The van der Waals surface area contributed by atoms with Crippen LogP contribution >= 0.6 is 0 Å². The first-order valence-corrected chi connectivity index (χ1v) is 3.92. The Morgan fingerprint density at radius 1 is 1.55 bits per heavy atom. The van der Waals surface area contributed by atoms with E-state index in [0.717, 1.165) is 12.0 Å². The molecule has 1 heteroatoms. The fourth-order valence-corrected chi connectivity index (χ4v) is 1.29.